The zero-order valence-corrected chi connectivity index (χ0v) is 7.13. The maximum Gasteiger partial charge on any atom is 0.118 e. The third-order valence-corrected chi connectivity index (χ3v) is 1.69. The van der Waals surface area contributed by atoms with Crippen molar-refractivity contribution in [2.24, 2.45) is 0 Å². The van der Waals surface area contributed by atoms with E-state index in [-0.39, 0.29) is 0 Å². The highest BCUT2D eigenvalue weighted by atomic mass is 16.5. The quantitative estimate of drug-likeness (QED) is 0.558. The summed E-state index contributed by atoms with van der Waals surface area (Å²) in [6, 6.07) is 0. The molecule has 0 fully saturated rings. The van der Waals surface area contributed by atoms with E-state index in [0.717, 1.165) is 18.6 Å². The van der Waals surface area contributed by atoms with E-state index in [1.807, 2.05) is 6.08 Å². The van der Waals surface area contributed by atoms with E-state index in [2.05, 4.69) is 25.2 Å². The highest BCUT2D eigenvalue weighted by Crippen LogP contribution is 2.10. The van der Waals surface area contributed by atoms with E-state index >= 15 is 0 Å². The van der Waals surface area contributed by atoms with Crippen molar-refractivity contribution >= 4 is 0 Å². The fourth-order valence-electron chi connectivity index (χ4n) is 1.07. The van der Waals surface area contributed by atoms with Gasteiger partial charge in [-0.25, -0.2) is 0 Å². The molecule has 0 aromatic heterocycles. The summed E-state index contributed by atoms with van der Waals surface area (Å²) in [6.45, 7) is 2.10. The van der Waals surface area contributed by atoms with Crippen LogP contribution in [0.3, 0.4) is 0 Å². The summed E-state index contributed by atoms with van der Waals surface area (Å²) >= 11 is 0. The van der Waals surface area contributed by atoms with Crippen molar-refractivity contribution < 1.29 is 4.74 Å². The molecule has 0 aromatic rings. The molecule has 0 bridgehead atoms. The number of hydrogen-bond acceptors (Lipinski definition) is 1. The molecular weight excluding hydrogens is 136 g/mol. The van der Waals surface area contributed by atoms with Gasteiger partial charge in [-0.05, 0) is 31.9 Å². The maximum atomic E-state index is 5.13. The Morgan fingerprint density at radius 3 is 2.91 bits per heavy atom. The zero-order chi connectivity index (χ0) is 8.10. The summed E-state index contributed by atoms with van der Waals surface area (Å²) in [5.74, 6) is 0.943. The van der Waals surface area contributed by atoms with E-state index in [1.165, 1.54) is 5.57 Å². The molecule has 0 saturated carbocycles. The Morgan fingerprint density at radius 1 is 1.36 bits per heavy atom. The highest BCUT2D eigenvalue weighted by molar-refractivity contribution is 5.26. The van der Waals surface area contributed by atoms with E-state index in [9.17, 15) is 0 Å². The van der Waals surface area contributed by atoms with Crippen molar-refractivity contribution in [1.29, 1.82) is 0 Å². The predicted octanol–water partition coefficient (Wildman–Crippen LogP) is 2.81. The maximum absolute atomic E-state index is 5.13. The molecule has 1 aliphatic rings. The second-order valence-electron chi connectivity index (χ2n) is 2.68. The van der Waals surface area contributed by atoms with Gasteiger partial charge in [0.2, 0.25) is 0 Å². The summed E-state index contributed by atoms with van der Waals surface area (Å²) in [7, 11) is 1.70. The SMILES string of the molecule is COC1=CC(C)=CCCC=C1. The molecule has 0 atom stereocenters. The second-order valence-corrected chi connectivity index (χ2v) is 2.68. The molecule has 60 valence electrons. The molecule has 1 rings (SSSR count). The Balaban J connectivity index is 2.79. The van der Waals surface area contributed by atoms with Gasteiger partial charge in [-0.1, -0.05) is 17.7 Å². The smallest absolute Gasteiger partial charge is 0.118 e. The Kier molecular flexibility index (Phi) is 2.96. The number of allylic oxidation sites excluding steroid dienone is 5. The van der Waals surface area contributed by atoms with Crippen LogP contribution in [0.4, 0.5) is 0 Å². The van der Waals surface area contributed by atoms with Gasteiger partial charge in [0.1, 0.15) is 5.76 Å². The lowest BCUT2D eigenvalue weighted by Gasteiger charge is -2.03. The lowest BCUT2D eigenvalue weighted by molar-refractivity contribution is 0.306. The van der Waals surface area contributed by atoms with Crippen LogP contribution in [-0.4, -0.2) is 7.11 Å². The first-order valence-corrected chi connectivity index (χ1v) is 3.92. The first-order valence-electron chi connectivity index (χ1n) is 3.92. The van der Waals surface area contributed by atoms with E-state index in [4.69, 9.17) is 4.74 Å². The largest absolute Gasteiger partial charge is 0.497 e. The Bertz CT molecular complexity index is 209. The summed E-state index contributed by atoms with van der Waals surface area (Å²) in [6.07, 6.45) is 10.7. The first kappa shape index (κ1) is 8.12. The molecule has 0 saturated heterocycles. The molecule has 0 spiro atoms. The lowest BCUT2D eigenvalue weighted by Crippen LogP contribution is -1.85. The van der Waals surface area contributed by atoms with Crippen LogP contribution >= 0.6 is 0 Å². The molecule has 0 radical (unpaired) electrons. The fraction of sp³-hybridized carbons (Fsp3) is 0.400. The van der Waals surface area contributed by atoms with Gasteiger partial charge in [-0.15, -0.1) is 0 Å². The number of ether oxygens (including phenoxy) is 1. The van der Waals surface area contributed by atoms with Crippen molar-refractivity contribution in [2.45, 2.75) is 19.8 Å². The van der Waals surface area contributed by atoms with E-state index in [0.29, 0.717) is 0 Å². The molecular formula is C10H14O. The average Bonchev–Trinajstić information content (AvgIpc) is 1.96. The minimum Gasteiger partial charge on any atom is -0.497 e. The Labute approximate surface area is 68.1 Å². The minimum absolute atomic E-state index is 0.943. The molecule has 0 aromatic carbocycles. The molecule has 0 N–H and O–H groups in total. The van der Waals surface area contributed by atoms with Crippen LogP contribution in [-0.2, 0) is 4.74 Å². The van der Waals surface area contributed by atoms with Crippen LogP contribution < -0.4 is 0 Å². The zero-order valence-electron chi connectivity index (χ0n) is 7.13. The molecule has 0 amide bonds. The van der Waals surface area contributed by atoms with E-state index in [1.54, 1.807) is 7.11 Å². The normalized spacial score (nSPS) is 18.0. The molecule has 0 unspecified atom stereocenters. The number of hydrogen-bond donors (Lipinski definition) is 0. The summed E-state index contributed by atoms with van der Waals surface area (Å²) in [4.78, 5) is 0. The molecule has 0 aliphatic heterocycles. The molecule has 1 aliphatic carbocycles. The van der Waals surface area contributed by atoms with E-state index < -0.39 is 0 Å². The van der Waals surface area contributed by atoms with Gasteiger partial charge in [0.25, 0.3) is 0 Å². The standard InChI is InChI=1S/C10H14O/c1-9-6-4-3-5-7-10(8-9)11-2/h5-8H,3-4H2,1-2H3. The third kappa shape index (κ3) is 2.62. The van der Waals surface area contributed by atoms with Crippen molar-refractivity contribution in [2.75, 3.05) is 7.11 Å². The van der Waals surface area contributed by atoms with Crippen LogP contribution in [0.25, 0.3) is 0 Å². The fourth-order valence-corrected chi connectivity index (χ4v) is 1.07. The van der Waals surface area contributed by atoms with Gasteiger partial charge in [-0.3, -0.25) is 0 Å². The Hall–Kier alpha value is -0.980. The van der Waals surface area contributed by atoms with Crippen molar-refractivity contribution in [1.82, 2.24) is 0 Å². The average molecular weight is 150 g/mol. The van der Waals surface area contributed by atoms with Crippen LogP contribution in [0.1, 0.15) is 19.8 Å². The van der Waals surface area contributed by atoms with Gasteiger partial charge in [0.15, 0.2) is 0 Å². The van der Waals surface area contributed by atoms with Gasteiger partial charge in [-0.2, -0.15) is 0 Å². The summed E-state index contributed by atoms with van der Waals surface area (Å²) in [5.41, 5.74) is 1.28. The van der Waals surface area contributed by atoms with Crippen molar-refractivity contribution in [3.05, 3.63) is 35.6 Å². The molecule has 0 heterocycles. The Morgan fingerprint density at radius 2 is 2.18 bits per heavy atom. The second kappa shape index (κ2) is 4.02. The van der Waals surface area contributed by atoms with Gasteiger partial charge in [0, 0.05) is 0 Å². The lowest BCUT2D eigenvalue weighted by atomic mass is 10.1. The third-order valence-electron chi connectivity index (χ3n) is 1.69. The van der Waals surface area contributed by atoms with Crippen molar-refractivity contribution in [3.63, 3.8) is 0 Å². The summed E-state index contributed by atoms with van der Waals surface area (Å²) < 4.78 is 5.13. The minimum atomic E-state index is 0.943. The van der Waals surface area contributed by atoms with Crippen LogP contribution in [0.15, 0.2) is 35.6 Å². The predicted molar refractivity (Wildman–Crippen MR) is 47.2 cm³/mol. The topological polar surface area (TPSA) is 9.23 Å². The summed E-state index contributed by atoms with van der Waals surface area (Å²) in [5, 5.41) is 0. The van der Waals surface area contributed by atoms with Gasteiger partial charge in [0.05, 0.1) is 7.11 Å². The highest BCUT2D eigenvalue weighted by Gasteiger charge is 1.93. The van der Waals surface area contributed by atoms with Gasteiger partial charge < -0.3 is 4.74 Å². The molecule has 1 nitrogen and oxygen atoms in total. The first-order chi connectivity index (χ1) is 5.33. The van der Waals surface area contributed by atoms with Crippen LogP contribution in [0.5, 0.6) is 0 Å². The molecule has 1 heteroatoms. The molecule has 11 heavy (non-hydrogen) atoms. The van der Waals surface area contributed by atoms with Crippen molar-refractivity contribution in [3.8, 4) is 0 Å². The number of rotatable bonds is 1. The van der Waals surface area contributed by atoms with Gasteiger partial charge >= 0.3 is 0 Å². The van der Waals surface area contributed by atoms with Crippen LogP contribution in [0.2, 0.25) is 0 Å². The monoisotopic (exact) mass is 150 g/mol. The van der Waals surface area contributed by atoms with Crippen LogP contribution in [0, 0.1) is 0 Å². The number of methoxy groups -OCH3 is 1.